The summed E-state index contributed by atoms with van der Waals surface area (Å²) in [4.78, 5) is 0. The molecule has 3 heteroatoms. The molecule has 0 fully saturated rings. The Balaban J connectivity index is 3.62. The van der Waals surface area contributed by atoms with Crippen molar-refractivity contribution < 1.29 is 4.43 Å². The van der Waals surface area contributed by atoms with E-state index in [4.69, 9.17) is 10.2 Å². The molecule has 0 saturated heterocycles. The predicted octanol–water partition coefficient (Wildman–Crippen LogP) is 1.53. The molecule has 0 bridgehead atoms. The van der Waals surface area contributed by atoms with Gasteiger partial charge in [0.05, 0.1) is 6.73 Å². The minimum absolute atomic E-state index is 0.393. The first kappa shape index (κ1) is 9.14. The van der Waals surface area contributed by atoms with E-state index in [2.05, 4.69) is 20.4 Å². The summed E-state index contributed by atoms with van der Waals surface area (Å²) in [5.41, 5.74) is 5.28. The van der Waals surface area contributed by atoms with Gasteiger partial charge >= 0.3 is 0 Å². The number of rotatable bonds is 4. The molecule has 0 atom stereocenters. The maximum Gasteiger partial charge on any atom is 0.191 e. The third kappa shape index (κ3) is 2.98. The molecule has 0 aliphatic rings. The number of hydrogen-bond acceptors (Lipinski definition) is 2. The minimum Gasteiger partial charge on any atom is -0.405 e. The van der Waals surface area contributed by atoms with E-state index in [-0.39, 0.29) is 0 Å². The summed E-state index contributed by atoms with van der Waals surface area (Å²) in [5.74, 6) is 0. The van der Waals surface area contributed by atoms with Crippen molar-refractivity contribution in [3.8, 4) is 0 Å². The molecule has 0 spiro atoms. The van der Waals surface area contributed by atoms with E-state index in [1.807, 2.05) is 0 Å². The Labute approximate surface area is 58.5 Å². The van der Waals surface area contributed by atoms with Crippen molar-refractivity contribution >= 4 is 8.32 Å². The molecule has 0 aromatic rings. The Bertz CT molecular complexity index is 73.5. The van der Waals surface area contributed by atoms with Crippen molar-refractivity contribution in [2.75, 3.05) is 6.73 Å². The van der Waals surface area contributed by atoms with Crippen LogP contribution in [0.5, 0.6) is 0 Å². The highest BCUT2D eigenvalue weighted by Gasteiger charge is 2.22. The number of hydrogen-bond donors (Lipinski definition) is 1. The summed E-state index contributed by atoms with van der Waals surface area (Å²) in [7, 11) is -1.32. The van der Waals surface area contributed by atoms with Crippen molar-refractivity contribution in [2.45, 2.75) is 32.5 Å². The molecule has 0 aromatic carbocycles. The summed E-state index contributed by atoms with van der Waals surface area (Å²) in [6, 6.07) is 2.33. The third-order valence-electron chi connectivity index (χ3n) is 1.93. The van der Waals surface area contributed by atoms with E-state index in [9.17, 15) is 0 Å². The average molecular weight is 147 g/mol. The molecule has 0 unspecified atom stereocenters. The van der Waals surface area contributed by atoms with E-state index >= 15 is 0 Å². The van der Waals surface area contributed by atoms with Crippen LogP contribution in [0.2, 0.25) is 18.6 Å². The van der Waals surface area contributed by atoms with Crippen LogP contribution in [0.1, 0.15) is 13.8 Å². The van der Waals surface area contributed by atoms with E-state index in [1.54, 1.807) is 0 Å². The van der Waals surface area contributed by atoms with Crippen LogP contribution in [0.4, 0.5) is 0 Å². The van der Waals surface area contributed by atoms with Gasteiger partial charge in [0.15, 0.2) is 8.32 Å². The van der Waals surface area contributed by atoms with E-state index in [0.29, 0.717) is 6.73 Å². The molecule has 0 heterocycles. The quantitative estimate of drug-likeness (QED) is 0.483. The van der Waals surface area contributed by atoms with E-state index in [1.165, 1.54) is 12.1 Å². The fraction of sp³-hybridized carbons (Fsp3) is 1.00. The smallest absolute Gasteiger partial charge is 0.191 e. The second-order valence-corrected chi connectivity index (χ2v) is 7.07. The van der Waals surface area contributed by atoms with Crippen LogP contribution in [0, 0.1) is 0 Å². The van der Waals surface area contributed by atoms with E-state index < -0.39 is 8.32 Å². The van der Waals surface area contributed by atoms with Crippen molar-refractivity contribution in [3.63, 3.8) is 0 Å². The molecule has 0 aromatic heterocycles. The van der Waals surface area contributed by atoms with Crippen molar-refractivity contribution in [1.82, 2.24) is 0 Å². The molecule has 0 amide bonds. The summed E-state index contributed by atoms with van der Waals surface area (Å²) in [6.45, 7) is 6.96. The highest BCUT2D eigenvalue weighted by Crippen LogP contribution is 2.14. The van der Waals surface area contributed by atoms with Gasteiger partial charge in [0.25, 0.3) is 0 Å². The molecule has 56 valence electrons. The SMILES string of the molecule is CC[Si](C)(CC)OCN. The molecular weight excluding hydrogens is 130 g/mol. The van der Waals surface area contributed by atoms with Gasteiger partial charge in [-0.2, -0.15) is 0 Å². The van der Waals surface area contributed by atoms with Gasteiger partial charge in [-0.1, -0.05) is 13.8 Å². The van der Waals surface area contributed by atoms with Gasteiger partial charge in [0.1, 0.15) is 0 Å². The zero-order valence-electron chi connectivity index (χ0n) is 6.61. The van der Waals surface area contributed by atoms with Crippen LogP contribution >= 0.6 is 0 Å². The Hall–Kier alpha value is 0.137. The normalized spacial score (nSPS) is 12.0. The summed E-state index contributed by atoms with van der Waals surface area (Å²) >= 11 is 0. The molecule has 2 nitrogen and oxygen atoms in total. The molecule has 0 aliphatic heterocycles. The monoisotopic (exact) mass is 147 g/mol. The molecule has 9 heavy (non-hydrogen) atoms. The topological polar surface area (TPSA) is 35.2 Å². The lowest BCUT2D eigenvalue weighted by atomic mass is 10.9. The number of nitrogens with two attached hydrogens (primary N) is 1. The summed E-state index contributed by atoms with van der Waals surface area (Å²) in [5, 5.41) is 0. The average Bonchev–Trinajstić information content (AvgIpc) is 1.89. The van der Waals surface area contributed by atoms with Gasteiger partial charge in [0.2, 0.25) is 0 Å². The predicted molar refractivity (Wildman–Crippen MR) is 42.7 cm³/mol. The van der Waals surface area contributed by atoms with Gasteiger partial charge < -0.3 is 10.2 Å². The molecule has 2 N–H and O–H groups in total. The Kier molecular flexibility index (Phi) is 4.09. The fourth-order valence-electron chi connectivity index (χ4n) is 0.655. The molecule has 0 saturated carbocycles. The Morgan fingerprint density at radius 2 is 1.78 bits per heavy atom. The van der Waals surface area contributed by atoms with E-state index in [0.717, 1.165) is 0 Å². The summed E-state index contributed by atoms with van der Waals surface area (Å²) in [6.07, 6.45) is 0. The second-order valence-electron chi connectivity index (χ2n) is 2.47. The van der Waals surface area contributed by atoms with Gasteiger partial charge in [-0.15, -0.1) is 0 Å². The van der Waals surface area contributed by atoms with Crippen molar-refractivity contribution in [3.05, 3.63) is 0 Å². The Morgan fingerprint density at radius 3 is 1.89 bits per heavy atom. The highest BCUT2D eigenvalue weighted by atomic mass is 28.4. The van der Waals surface area contributed by atoms with Crippen LogP contribution in [0.25, 0.3) is 0 Å². The standard InChI is InChI=1S/C6H17NOSi/c1-4-9(3,5-2)8-6-7/h4-7H2,1-3H3. The lowest BCUT2D eigenvalue weighted by Crippen LogP contribution is -2.34. The lowest BCUT2D eigenvalue weighted by Gasteiger charge is -2.22. The summed E-state index contributed by atoms with van der Waals surface area (Å²) < 4.78 is 5.44. The van der Waals surface area contributed by atoms with Crippen LogP contribution < -0.4 is 5.73 Å². The van der Waals surface area contributed by atoms with Gasteiger partial charge in [-0.05, 0) is 18.6 Å². The van der Waals surface area contributed by atoms with Gasteiger partial charge in [0, 0.05) is 0 Å². The molecule has 0 radical (unpaired) electrons. The third-order valence-corrected chi connectivity index (χ3v) is 5.78. The van der Waals surface area contributed by atoms with Crippen molar-refractivity contribution in [2.24, 2.45) is 5.73 Å². The largest absolute Gasteiger partial charge is 0.405 e. The van der Waals surface area contributed by atoms with Crippen LogP contribution in [0.3, 0.4) is 0 Å². The zero-order chi connectivity index (χ0) is 7.33. The minimum atomic E-state index is -1.32. The first-order valence-corrected chi connectivity index (χ1v) is 6.34. The fourth-order valence-corrected chi connectivity index (χ4v) is 1.97. The van der Waals surface area contributed by atoms with Crippen molar-refractivity contribution in [1.29, 1.82) is 0 Å². The van der Waals surface area contributed by atoms with Crippen LogP contribution in [-0.4, -0.2) is 15.0 Å². The lowest BCUT2D eigenvalue weighted by molar-refractivity contribution is 0.315. The Morgan fingerprint density at radius 1 is 1.33 bits per heavy atom. The van der Waals surface area contributed by atoms with Crippen LogP contribution in [-0.2, 0) is 4.43 Å². The molecule has 0 rings (SSSR count). The first-order valence-electron chi connectivity index (χ1n) is 3.52. The van der Waals surface area contributed by atoms with Gasteiger partial charge in [-0.3, -0.25) is 0 Å². The highest BCUT2D eigenvalue weighted by molar-refractivity contribution is 6.72. The molecular formula is C6H17NOSi. The maximum atomic E-state index is 5.44. The van der Waals surface area contributed by atoms with Crippen LogP contribution in [0.15, 0.2) is 0 Å². The zero-order valence-corrected chi connectivity index (χ0v) is 7.61. The van der Waals surface area contributed by atoms with Gasteiger partial charge in [-0.25, -0.2) is 0 Å². The first-order chi connectivity index (χ1) is 4.18. The second kappa shape index (κ2) is 4.03. The maximum absolute atomic E-state index is 5.44. The molecule has 0 aliphatic carbocycles.